The lowest BCUT2D eigenvalue weighted by Gasteiger charge is -2.30. The normalized spacial score (nSPS) is 23.2. The Bertz CT molecular complexity index is 300. The van der Waals surface area contributed by atoms with E-state index in [0.717, 1.165) is 32.4 Å². The summed E-state index contributed by atoms with van der Waals surface area (Å²) in [6, 6.07) is -0.236. The van der Waals surface area contributed by atoms with Crippen molar-refractivity contribution in [1.82, 2.24) is 10.2 Å². The van der Waals surface area contributed by atoms with E-state index in [2.05, 4.69) is 5.32 Å². The van der Waals surface area contributed by atoms with E-state index in [0.29, 0.717) is 13.0 Å². The summed E-state index contributed by atoms with van der Waals surface area (Å²) in [4.78, 5) is 24.3. The van der Waals surface area contributed by atoms with E-state index in [4.69, 9.17) is 4.74 Å². The van der Waals surface area contributed by atoms with Crippen molar-refractivity contribution in [1.29, 1.82) is 0 Å². The molecule has 5 heteroatoms. The lowest BCUT2D eigenvalue weighted by Crippen LogP contribution is -2.51. The minimum absolute atomic E-state index is 0.164. The average molecular weight is 226 g/mol. The molecule has 1 heterocycles. The van der Waals surface area contributed by atoms with Crippen molar-refractivity contribution in [3.63, 3.8) is 0 Å². The van der Waals surface area contributed by atoms with Gasteiger partial charge in [0.25, 0.3) is 0 Å². The molecule has 0 spiro atoms. The Morgan fingerprint density at radius 1 is 1.44 bits per heavy atom. The molecule has 0 aromatic carbocycles. The molecule has 5 nitrogen and oxygen atoms in total. The minimum atomic E-state index is -0.236. The zero-order valence-corrected chi connectivity index (χ0v) is 9.62. The monoisotopic (exact) mass is 226 g/mol. The number of urea groups is 1. The van der Waals surface area contributed by atoms with Crippen LogP contribution in [0.25, 0.3) is 0 Å². The van der Waals surface area contributed by atoms with E-state index in [1.807, 2.05) is 0 Å². The van der Waals surface area contributed by atoms with Crippen LogP contribution in [0.4, 0.5) is 4.79 Å². The van der Waals surface area contributed by atoms with Gasteiger partial charge in [0.2, 0.25) is 5.91 Å². The van der Waals surface area contributed by atoms with E-state index in [1.54, 1.807) is 12.0 Å². The first-order chi connectivity index (χ1) is 7.65. The average Bonchev–Trinajstić information content (AvgIpc) is 3.00. The highest BCUT2D eigenvalue weighted by Crippen LogP contribution is 2.49. The molecule has 0 atom stereocenters. The largest absolute Gasteiger partial charge is 0.385 e. The molecule has 2 rings (SSSR count). The van der Waals surface area contributed by atoms with Gasteiger partial charge in [-0.15, -0.1) is 0 Å². The van der Waals surface area contributed by atoms with Gasteiger partial charge in [0.05, 0.1) is 0 Å². The Kier molecular flexibility index (Phi) is 3.14. The van der Waals surface area contributed by atoms with Crippen molar-refractivity contribution >= 4 is 11.9 Å². The van der Waals surface area contributed by atoms with Crippen LogP contribution < -0.4 is 5.32 Å². The van der Waals surface area contributed by atoms with Gasteiger partial charge < -0.3 is 9.64 Å². The number of imide groups is 1. The Morgan fingerprint density at radius 2 is 2.19 bits per heavy atom. The summed E-state index contributed by atoms with van der Waals surface area (Å²) in [5.41, 5.74) is 0.258. The molecule has 1 saturated heterocycles. The van der Waals surface area contributed by atoms with Crippen LogP contribution in [-0.2, 0) is 9.53 Å². The van der Waals surface area contributed by atoms with Crippen molar-refractivity contribution in [2.45, 2.75) is 25.7 Å². The molecule has 3 amide bonds. The molecule has 16 heavy (non-hydrogen) atoms. The van der Waals surface area contributed by atoms with E-state index >= 15 is 0 Å². The Morgan fingerprint density at radius 3 is 2.75 bits per heavy atom. The van der Waals surface area contributed by atoms with Crippen LogP contribution in [0.1, 0.15) is 25.7 Å². The number of rotatable bonds is 5. The first-order valence-electron chi connectivity index (χ1n) is 5.73. The number of nitrogens with one attached hydrogen (secondary N) is 1. The van der Waals surface area contributed by atoms with E-state index in [1.165, 1.54) is 0 Å². The SMILES string of the molecule is COCCC1(CN2CCC(=O)NC2=O)CC1. The molecule has 2 aliphatic rings. The highest BCUT2D eigenvalue weighted by molar-refractivity contribution is 5.96. The summed E-state index contributed by atoms with van der Waals surface area (Å²) >= 11 is 0. The number of nitrogens with zero attached hydrogens (tertiary/aromatic N) is 1. The van der Waals surface area contributed by atoms with Gasteiger partial charge in [-0.3, -0.25) is 10.1 Å². The third-order valence-electron chi connectivity index (χ3n) is 3.46. The van der Waals surface area contributed by atoms with Gasteiger partial charge in [-0.05, 0) is 24.7 Å². The lowest BCUT2D eigenvalue weighted by atomic mass is 10.0. The highest BCUT2D eigenvalue weighted by atomic mass is 16.5. The second kappa shape index (κ2) is 4.41. The smallest absolute Gasteiger partial charge is 0.324 e. The van der Waals surface area contributed by atoms with Crippen LogP contribution >= 0.6 is 0 Å². The van der Waals surface area contributed by atoms with Crippen LogP contribution in [-0.4, -0.2) is 43.6 Å². The van der Waals surface area contributed by atoms with Gasteiger partial charge in [0, 0.05) is 33.2 Å². The molecule has 0 unspecified atom stereocenters. The molecule has 0 radical (unpaired) electrons. The van der Waals surface area contributed by atoms with Crippen molar-refractivity contribution in [2.75, 3.05) is 26.8 Å². The number of methoxy groups -OCH3 is 1. The predicted octanol–water partition coefficient (Wildman–Crippen LogP) is 0.745. The number of ether oxygens (including phenoxy) is 1. The number of hydrogen-bond acceptors (Lipinski definition) is 3. The van der Waals surface area contributed by atoms with Gasteiger partial charge in [-0.25, -0.2) is 4.79 Å². The van der Waals surface area contributed by atoms with Gasteiger partial charge >= 0.3 is 6.03 Å². The summed E-state index contributed by atoms with van der Waals surface area (Å²) in [5, 5.41) is 2.35. The molecule has 1 aliphatic heterocycles. The molecule has 1 aliphatic carbocycles. The predicted molar refractivity (Wildman–Crippen MR) is 57.9 cm³/mol. The first kappa shape index (κ1) is 11.4. The molecule has 1 N–H and O–H groups in total. The number of carbonyl (C=O) groups is 2. The molecule has 0 aromatic heterocycles. The Labute approximate surface area is 95.1 Å². The van der Waals surface area contributed by atoms with Crippen molar-refractivity contribution < 1.29 is 14.3 Å². The molecule has 2 fully saturated rings. The molecule has 1 saturated carbocycles. The van der Waals surface area contributed by atoms with Gasteiger partial charge in [-0.1, -0.05) is 0 Å². The third-order valence-corrected chi connectivity index (χ3v) is 3.46. The van der Waals surface area contributed by atoms with Crippen LogP contribution in [0.3, 0.4) is 0 Å². The van der Waals surface area contributed by atoms with E-state index in [9.17, 15) is 9.59 Å². The Balaban J connectivity index is 1.85. The topological polar surface area (TPSA) is 58.6 Å². The molecule has 90 valence electrons. The summed E-state index contributed by atoms with van der Waals surface area (Å²) in [6.45, 7) is 2.06. The quantitative estimate of drug-likeness (QED) is 0.752. The zero-order chi connectivity index (χ0) is 11.6. The van der Waals surface area contributed by atoms with Crippen LogP contribution in [0, 0.1) is 5.41 Å². The van der Waals surface area contributed by atoms with E-state index < -0.39 is 0 Å². The number of hydrogen-bond donors (Lipinski definition) is 1. The van der Waals surface area contributed by atoms with Crippen molar-refractivity contribution in [3.05, 3.63) is 0 Å². The van der Waals surface area contributed by atoms with Gasteiger partial charge in [0.15, 0.2) is 0 Å². The zero-order valence-electron chi connectivity index (χ0n) is 9.62. The standard InChI is InChI=1S/C11H18N2O3/c1-16-7-5-11(3-4-11)8-13-6-2-9(14)12-10(13)15/h2-8H2,1H3,(H,12,14,15). The van der Waals surface area contributed by atoms with Gasteiger partial charge in [0.1, 0.15) is 0 Å². The van der Waals surface area contributed by atoms with Crippen molar-refractivity contribution in [3.8, 4) is 0 Å². The lowest BCUT2D eigenvalue weighted by molar-refractivity contribution is -0.121. The maximum atomic E-state index is 11.5. The third kappa shape index (κ3) is 2.52. The van der Waals surface area contributed by atoms with Crippen LogP contribution in [0.5, 0.6) is 0 Å². The summed E-state index contributed by atoms with van der Waals surface area (Å²) in [6.07, 6.45) is 3.75. The maximum Gasteiger partial charge on any atom is 0.324 e. The Hall–Kier alpha value is -1.10. The van der Waals surface area contributed by atoms with Crippen LogP contribution in [0.15, 0.2) is 0 Å². The van der Waals surface area contributed by atoms with Gasteiger partial charge in [-0.2, -0.15) is 0 Å². The minimum Gasteiger partial charge on any atom is -0.385 e. The summed E-state index contributed by atoms with van der Waals surface area (Å²) < 4.78 is 5.08. The van der Waals surface area contributed by atoms with Crippen LogP contribution in [0.2, 0.25) is 0 Å². The number of amides is 3. The first-order valence-corrected chi connectivity index (χ1v) is 5.73. The second-order valence-electron chi connectivity index (χ2n) is 4.77. The molecule has 0 bridgehead atoms. The highest BCUT2D eigenvalue weighted by Gasteiger charge is 2.44. The van der Waals surface area contributed by atoms with E-state index in [-0.39, 0.29) is 17.4 Å². The molecule has 0 aromatic rings. The summed E-state index contributed by atoms with van der Waals surface area (Å²) in [7, 11) is 1.70. The second-order valence-corrected chi connectivity index (χ2v) is 4.77. The number of carbonyl (C=O) groups excluding carboxylic acids is 2. The fraction of sp³-hybridized carbons (Fsp3) is 0.818. The molecular formula is C11H18N2O3. The molecular weight excluding hydrogens is 208 g/mol. The maximum absolute atomic E-state index is 11.5. The summed E-state index contributed by atoms with van der Waals surface area (Å²) in [5.74, 6) is -0.164. The van der Waals surface area contributed by atoms with Crippen molar-refractivity contribution in [2.24, 2.45) is 5.41 Å². The fourth-order valence-electron chi connectivity index (χ4n) is 2.14. The fourth-order valence-corrected chi connectivity index (χ4v) is 2.14.